The lowest BCUT2D eigenvalue weighted by Gasteiger charge is -2.33. The molecule has 0 fully saturated rings. The van der Waals surface area contributed by atoms with Gasteiger partial charge in [-0.3, -0.25) is 0 Å². The number of benzene rings is 6. The first kappa shape index (κ1) is 26.8. The summed E-state index contributed by atoms with van der Waals surface area (Å²) in [6.45, 7) is 0. The van der Waals surface area contributed by atoms with Gasteiger partial charge in [-0.05, 0) is 137 Å². The van der Waals surface area contributed by atoms with E-state index in [-0.39, 0.29) is 0 Å². The van der Waals surface area contributed by atoms with Crippen molar-refractivity contribution in [3.05, 3.63) is 186 Å². The van der Waals surface area contributed by atoms with Crippen molar-refractivity contribution >= 4 is 28.4 Å². The smallest absolute Gasteiger partial charge is 0.0559 e. The molecular formula is C44H34N2. The minimum Gasteiger partial charge on any atom is -0.334 e. The maximum absolute atomic E-state index is 2.49. The fraction of sp³-hybridized carbons (Fsp3) is 0.0909. The Labute approximate surface area is 271 Å². The van der Waals surface area contributed by atoms with Gasteiger partial charge in [0.25, 0.3) is 0 Å². The van der Waals surface area contributed by atoms with Crippen LogP contribution in [0.1, 0.15) is 28.7 Å². The normalized spacial score (nSPS) is 15.2. The van der Waals surface area contributed by atoms with E-state index in [2.05, 4.69) is 174 Å². The molecule has 3 aliphatic carbocycles. The van der Waals surface area contributed by atoms with E-state index in [1.54, 1.807) is 0 Å². The molecule has 6 aromatic rings. The van der Waals surface area contributed by atoms with Crippen molar-refractivity contribution in [3.8, 4) is 22.3 Å². The molecule has 0 heterocycles. The van der Waals surface area contributed by atoms with E-state index in [4.69, 9.17) is 0 Å². The molecular weight excluding hydrogens is 556 g/mol. The van der Waals surface area contributed by atoms with Gasteiger partial charge in [0.2, 0.25) is 0 Å². The Morgan fingerprint density at radius 3 is 1.46 bits per heavy atom. The fourth-order valence-electron chi connectivity index (χ4n) is 7.64. The van der Waals surface area contributed by atoms with E-state index in [9.17, 15) is 0 Å². The van der Waals surface area contributed by atoms with Gasteiger partial charge in [0.05, 0.1) is 6.04 Å². The van der Waals surface area contributed by atoms with E-state index in [0.29, 0.717) is 6.04 Å². The van der Waals surface area contributed by atoms with Gasteiger partial charge >= 0.3 is 0 Å². The molecule has 220 valence electrons. The van der Waals surface area contributed by atoms with Crippen LogP contribution in [0.25, 0.3) is 22.3 Å². The summed E-state index contributed by atoms with van der Waals surface area (Å²) >= 11 is 0. The second-order valence-corrected chi connectivity index (χ2v) is 12.5. The number of fused-ring (bicyclic) bond motifs is 6. The molecule has 0 aliphatic heterocycles. The summed E-state index contributed by atoms with van der Waals surface area (Å²) in [5, 5.41) is 0. The van der Waals surface area contributed by atoms with Crippen LogP contribution in [0.15, 0.2) is 164 Å². The van der Waals surface area contributed by atoms with Crippen LogP contribution in [0, 0.1) is 0 Å². The third kappa shape index (κ3) is 4.57. The standard InChI is InChI=1S/C44H34N2/c1-5-13-35(14-6-1)45(36-15-7-2-8-16-36)39-21-23-41-31(27-39)25-33-29-44-34(30-43(33)41)26-32-28-40(22-24-42(32)44)46(37-17-9-3-10-18-37)38-19-11-4-12-20-38/h1-19,21-24,27-30,38H,20,25-26H2. The second-order valence-electron chi connectivity index (χ2n) is 12.5. The topological polar surface area (TPSA) is 6.48 Å². The van der Waals surface area contributed by atoms with E-state index >= 15 is 0 Å². The summed E-state index contributed by atoms with van der Waals surface area (Å²) in [7, 11) is 0. The Bertz CT molecular complexity index is 2090. The lowest BCUT2D eigenvalue weighted by atomic mass is 9.98. The quantitative estimate of drug-likeness (QED) is 0.190. The average Bonchev–Trinajstić information content (AvgIpc) is 3.65. The molecule has 1 unspecified atom stereocenters. The maximum atomic E-state index is 2.49. The molecule has 0 spiro atoms. The van der Waals surface area contributed by atoms with Gasteiger partial charge in [0.15, 0.2) is 0 Å². The molecule has 0 saturated heterocycles. The SMILES string of the molecule is C1=CCC(N(c2ccccc2)c2ccc3c(c2)Cc2cc4c(cc2-3)Cc2cc(N(c3ccccc3)c3ccccc3)ccc2-4)C=C1. The van der Waals surface area contributed by atoms with Crippen LogP contribution < -0.4 is 9.80 Å². The maximum Gasteiger partial charge on any atom is 0.0559 e. The summed E-state index contributed by atoms with van der Waals surface area (Å²) in [6, 6.07) is 51.6. The summed E-state index contributed by atoms with van der Waals surface area (Å²) < 4.78 is 0. The van der Waals surface area contributed by atoms with Gasteiger partial charge in [-0.1, -0.05) is 91.0 Å². The van der Waals surface area contributed by atoms with Gasteiger partial charge in [-0.25, -0.2) is 0 Å². The van der Waals surface area contributed by atoms with Crippen molar-refractivity contribution in [2.24, 2.45) is 0 Å². The van der Waals surface area contributed by atoms with Gasteiger partial charge in [0, 0.05) is 28.4 Å². The molecule has 0 saturated carbocycles. The van der Waals surface area contributed by atoms with E-state index in [0.717, 1.165) is 19.3 Å². The zero-order valence-corrected chi connectivity index (χ0v) is 25.7. The van der Waals surface area contributed by atoms with Gasteiger partial charge < -0.3 is 9.80 Å². The highest BCUT2D eigenvalue weighted by molar-refractivity contribution is 5.88. The Balaban J connectivity index is 1.05. The zero-order chi connectivity index (χ0) is 30.5. The van der Waals surface area contributed by atoms with E-state index < -0.39 is 0 Å². The Morgan fingerprint density at radius 1 is 0.413 bits per heavy atom. The Kier molecular flexibility index (Phi) is 6.45. The number of nitrogens with zero attached hydrogens (tertiary/aromatic N) is 2. The lowest BCUT2D eigenvalue weighted by Crippen LogP contribution is -2.29. The monoisotopic (exact) mass is 590 g/mol. The van der Waals surface area contributed by atoms with Crippen LogP contribution >= 0.6 is 0 Å². The first-order valence-corrected chi connectivity index (χ1v) is 16.3. The predicted molar refractivity (Wildman–Crippen MR) is 193 cm³/mol. The lowest BCUT2D eigenvalue weighted by molar-refractivity contribution is 0.785. The largest absolute Gasteiger partial charge is 0.334 e. The van der Waals surface area contributed by atoms with Crippen molar-refractivity contribution in [3.63, 3.8) is 0 Å². The number of hydrogen-bond acceptors (Lipinski definition) is 2. The molecule has 1 atom stereocenters. The molecule has 2 nitrogen and oxygen atoms in total. The molecule has 0 amide bonds. The van der Waals surface area contributed by atoms with E-state index in [1.165, 1.54) is 72.9 Å². The summed E-state index contributed by atoms with van der Waals surface area (Å²) in [5.41, 5.74) is 17.2. The number of para-hydroxylation sites is 3. The van der Waals surface area contributed by atoms with Crippen LogP contribution in [0.2, 0.25) is 0 Å². The summed E-state index contributed by atoms with van der Waals surface area (Å²) in [5.74, 6) is 0. The molecule has 0 N–H and O–H groups in total. The molecule has 0 radical (unpaired) electrons. The highest BCUT2D eigenvalue weighted by atomic mass is 15.2. The number of anilines is 5. The first-order valence-electron chi connectivity index (χ1n) is 16.3. The summed E-state index contributed by atoms with van der Waals surface area (Å²) in [6.07, 6.45) is 11.9. The predicted octanol–water partition coefficient (Wildman–Crippen LogP) is 11.3. The molecule has 0 aromatic heterocycles. The fourth-order valence-corrected chi connectivity index (χ4v) is 7.64. The van der Waals surface area contributed by atoms with Crippen LogP contribution in [0.4, 0.5) is 28.4 Å². The third-order valence-corrected chi connectivity index (χ3v) is 9.74. The minimum absolute atomic E-state index is 0.305. The minimum atomic E-state index is 0.305. The highest BCUT2D eigenvalue weighted by Gasteiger charge is 2.28. The third-order valence-electron chi connectivity index (χ3n) is 9.74. The Morgan fingerprint density at radius 2 is 0.913 bits per heavy atom. The molecule has 9 rings (SSSR count). The molecule has 0 bridgehead atoms. The van der Waals surface area contributed by atoms with Crippen molar-refractivity contribution in [2.45, 2.75) is 25.3 Å². The zero-order valence-electron chi connectivity index (χ0n) is 25.7. The molecule has 6 aromatic carbocycles. The van der Waals surface area contributed by atoms with Crippen LogP contribution in [0.5, 0.6) is 0 Å². The van der Waals surface area contributed by atoms with Crippen LogP contribution in [-0.4, -0.2) is 6.04 Å². The number of allylic oxidation sites excluding steroid dienone is 2. The highest BCUT2D eigenvalue weighted by Crippen LogP contribution is 2.47. The van der Waals surface area contributed by atoms with E-state index in [1.807, 2.05) is 0 Å². The number of rotatable bonds is 6. The van der Waals surface area contributed by atoms with Crippen molar-refractivity contribution < 1.29 is 0 Å². The second kappa shape index (κ2) is 11.1. The number of hydrogen-bond donors (Lipinski definition) is 0. The molecule has 3 aliphatic rings. The van der Waals surface area contributed by atoms with Crippen LogP contribution in [-0.2, 0) is 12.8 Å². The van der Waals surface area contributed by atoms with Gasteiger partial charge in [0.1, 0.15) is 0 Å². The Hall–Kier alpha value is -5.60. The molecule has 46 heavy (non-hydrogen) atoms. The van der Waals surface area contributed by atoms with Crippen molar-refractivity contribution in [2.75, 3.05) is 9.80 Å². The van der Waals surface area contributed by atoms with Crippen LogP contribution in [0.3, 0.4) is 0 Å². The van der Waals surface area contributed by atoms with Gasteiger partial charge in [-0.15, -0.1) is 0 Å². The average molecular weight is 591 g/mol. The van der Waals surface area contributed by atoms with Crippen molar-refractivity contribution in [1.29, 1.82) is 0 Å². The first-order chi connectivity index (χ1) is 22.8. The van der Waals surface area contributed by atoms with Gasteiger partial charge in [-0.2, -0.15) is 0 Å². The molecule has 2 heteroatoms. The summed E-state index contributed by atoms with van der Waals surface area (Å²) in [4.78, 5) is 4.85. The van der Waals surface area contributed by atoms with Crippen molar-refractivity contribution in [1.82, 2.24) is 0 Å².